The normalized spacial score (nSPS) is 17.9. The lowest BCUT2D eigenvalue weighted by Gasteiger charge is -2.22. The van der Waals surface area contributed by atoms with Gasteiger partial charge in [-0.15, -0.1) is 0 Å². The fourth-order valence-electron chi connectivity index (χ4n) is 2.32. The van der Waals surface area contributed by atoms with Crippen LogP contribution in [0.3, 0.4) is 0 Å². The molecule has 0 aromatic heterocycles. The number of nitrogens with zero attached hydrogens (tertiary/aromatic N) is 2. The maximum Gasteiger partial charge on any atom is 0.326 e. The van der Waals surface area contributed by atoms with Crippen LogP contribution in [0.15, 0.2) is 24.3 Å². The monoisotopic (exact) mass is 277 g/mol. The minimum absolute atomic E-state index is 0.356. The third kappa shape index (κ3) is 3.01. The Morgan fingerprint density at radius 3 is 2.80 bits per heavy atom. The van der Waals surface area contributed by atoms with Crippen LogP contribution in [0.1, 0.15) is 12.8 Å². The minimum Gasteiger partial charge on any atom is -0.480 e. The highest BCUT2D eigenvalue weighted by molar-refractivity contribution is 5.93. The Kier molecular flexibility index (Phi) is 4.12. The number of aliphatic carboxylic acids is 1. The number of rotatable bonds is 3. The van der Waals surface area contributed by atoms with Gasteiger partial charge in [0.1, 0.15) is 6.04 Å². The lowest BCUT2D eigenvalue weighted by molar-refractivity contribution is -0.141. The summed E-state index contributed by atoms with van der Waals surface area (Å²) in [5, 5.41) is 11.8. The predicted molar refractivity (Wildman–Crippen MR) is 77.2 cm³/mol. The molecule has 1 aliphatic heterocycles. The topological polar surface area (TPSA) is 72.9 Å². The van der Waals surface area contributed by atoms with Gasteiger partial charge in [-0.1, -0.05) is 6.07 Å². The summed E-state index contributed by atoms with van der Waals surface area (Å²) in [5.74, 6) is -0.945. The molecule has 0 unspecified atom stereocenters. The second-order valence-electron chi connectivity index (χ2n) is 5.06. The van der Waals surface area contributed by atoms with E-state index in [0.717, 1.165) is 12.1 Å². The van der Waals surface area contributed by atoms with E-state index in [1.807, 2.05) is 37.2 Å². The molecule has 1 fully saturated rings. The van der Waals surface area contributed by atoms with Crippen LogP contribution >= 0.6 is 0 Å². The number of carbonyl (C=O) groups is 2. The van der Waals surface area contributed by atoms with Gasteiger partial charge >= 0.3 is 12.0 Å². The molecule has 108 valence electrons. The van der Waals surface area contributed by atoms with E-state index in [1.54, 1.807) is 6.07 Å². The van der Waals surface area contributed by atoms with Crippen LogP contribution < -0.4 is 10.2 Å². The van der Waals surface area contributed by atoms with Gasteiger partial charge in [0.25, 0.3) is 0 Å². The van der Waals surface area contributed by atoms with Crippen molar-refractivity contribution in [3.05, 3.63) is 24.3 Å². The molecule has 0 spiro atoms. The number of urea groups is 1. The molecule has 6 heteroatoms. The molecule has 1 atom stereocenters. The molecule has 1 aromatic carbocycles. The van der Waals surface area contributed by atoms with Crippen LogP contribution in [-0.4, -0.2) is 48.7 Å². The molecule has 2 amide bonds. The molecule has 1 aliphatic rings. The number of hydrogen-bond donors (Lipinski definition) is 2. The molecule has 0 bridgehead atoms. The van der Waals surface area contributed by atoms with Crippen molar-refractivity contribution in [3.8, 4) is 0 Å². The lowest BCUT2D eigenvalue weighted by Crippen LogP contribution is -2.42. The number of carboxylic acids is 1. The first-order valence-corrected chi connectivity index (χ1v) is 6.57. The van der Waals surface area contributed by atoms with Crippen molar-refractivity contribution in [2.75, 3.05) is 30.9 Å². The second kappa shape index (κ2) is 5.81. The zero-order valence-corrected chi connectivity index (χ0v) is 11.7. The number of anilines is 2. The Bertz CT molecular complexity index is 516. The fourth-order valence-corrected chi connectivity index (χ4v) is 2.32. The van der Waals surface area contributed by atoms with E-state index in [0.29, 0.717) is 18.7 Å². The Morgan fingerprint density at radius 2 is 2.15 bits per heavy atom. The molecule has 2 rings (SSSR count). The van der Waals surface area contributed by atoms with Gasteiger partial charge in [0, 0.05) is 32.0 Å². The van der Waals surface area contributed by atoms with Crippen molar-refractivity contribution in [2.24, 2.45) is 0 Å². The van der Waals surface area contributed by atoms with Gasteiger partial charge in [0.15, 0.2) is 0 Å². The van der Waals surface area contributed by atoms with Crippen molar-refractivity contribution < 1.29 is 14.7 Å². The highest BCUT2D eigenvalue weighted by Gasteiger charge is 2.33. The smallest absolute Gasteiger partial charge is 0.326 e. The van der Waals surface area contributed by atoms with Crippen LogP contribution in [0, 0.1) is 0 Å². The van der Waals surface area contributed by atoms with Crippen LogP contribution in [0.5, 0.6) is 0 Å². The third-order valence-corrected chi connectivity index (χ3v) is 3.41. The van der Waals surface area contributed by atoms with Crippen LogP contribution in [0.2, 0.25) is 0 Å². The Balaban J connectivity index is 2.08. The van der Waals surface area contributed by atoms with E-state index in [9.17, 15) is 9.59 Å². The van der Waals surface area contributed by atoms with Crippen molar-refractivity contribution in [3.63, 3.8) is 0 Å². The minimum atomic E-state index is -0.945. The van der Waals surface area contributed by atoms with Crippen LogP contribution in [0.25, 0.3) is 0 Å². The number of benzene rings is 1. The number of carboxylic acid groups (broad SMARTS) is 1. The largest absolute Gasteiger partial charge is 0.480 e. The molecule has 1 aromatic rings. The zero-order chi connectivity index (χ0) is 14.7. The number of hydrogen-bond acceptors (Lipinski definition) is 3. The lowest BCUT2D eigenvalue weighted by atomic mass is 10.2. The van der Waals surface area contributed by atoms with Gasteiger partial charge in [0.05, 0.1) is 0 Å². The van der Waals surface area contributed by atoms with Gasteiger partial charge in [-0.2, -0.15) is 0 Å². The SMILES string of the molecule is CN(C)c1cccc(NC(=O)N2CCC[C@H]2C(=O)O)c1. The van der Waals surface area contributed by atoms with E-state index in [2.05, 4.69) is 5.32 Å². The maximum absolute atomic E-state index is 12.1. The van der Waals surface area contributed by atoms with Crippen LogP contribution in [0.4, 0.5) is 16.2 Å². The highest BCUT2D eigenvalue weighted by Crippen LogP contribution is 2.21. The van der Waals surface area contributed by atoms with Crippen LogP contribution in [-0.2, 0) is 4.79 Å². The first-order valence-electron chi connectivity index (χ1n) is 6.57. The van der Waals surface area contributed by atoms with E-state index >= 15 is 0 Å². The van der Waals surface area contributed by atoms with Crippen molar-refractivity contribution >= 4 is 23.4 Å². The summed E-state index contributed by atoms with van der Waals surface area (Å²) in [6, 6.07) is 6.35. The number of nitrogens with one attached hydrogen (secondary N) is 1. The predicted octanol–water partition coefficient (Wildman–Crippen LogP) is 1.83. The third-order valence-electron chi connectivity index (χ3n) is 3.41. The van der Waals surface area contributed by atoms with E-state index in [4.69, 9.17) is 5.11 Å². The molecule has 6 nitrogen and oxygen atoms in total. The molecule has 20 heavy (non-hydrogen) atoms. The number of carbonyl (C=O) groups excluding carboxylic acids is 1. The van der Waals surface area contributed by atoms with Crippen molar-refractivity contribution in [1.29, 1.82) is 0 Å². The molecule has 0 radical (unpaired) electrons. The maximum atomic E-state index is 12.1. The van der Waals surface area contributed by atoms with E-state index in [1.165, 1.54) is 4.90 Å². The molecular weight excluding hydrogens is 258 g/mol. The summed E-state index contributed by atoms with van der Waals surface area (Å²) in [4.78, 5) is 26.5. The Labute approximate surface area is 118 Å². The Morgan fingerprint density at radius 1 is 1.40 bits per heavy atom. The summed E-state index contributed by atoms with van der Waals surface area (Å²) in [6.45, 7) is 0.482. The highest BCUT2D eigenvalue weighted by atomic mass is 16.4. The first kappa shape index (κ1) is 14.2. The number of likely N-dealkylation sites (tertiary alicyclic amines) is 1. The summed E-state index contributed by atoms with van der Waals surface area (Å²) in [7, 11) is 3.84. The molecular formula is C14H19N3O3. The van der Waals surface area contributed by atoms with Gasteiger partial charge in [-0.05, 0) is 31.0 Å². The summed E-state index contributed by atoms with van der Waals surface area (Å²) in [5.41, 5.74) is 1.64. The van der Waals surface area contributed by atoms with Crippen molar-refractivity contribution in [1.82, 2.24) is 4.90 Å². The quantitative estimate of drug-likeness (QED) is 0.884. The summed E-state index contributed by atoms with van der Waals surface area (Å²) < 4.78 is 0. The van der Waals surface area contributed by atoms with Gasteiger partial charge < -0.3 is 20.2 Å². The number of amides is 2. The van der Waals surface area contributed by atoms with E-state index < -0.39 is 12.0 Å². The van der Waals surface area contributed by atoms with Crippen molar-refractivity contribution in [2.45, 2.75) is 18.9 Å². The molecule has 0 saturated carbocycles. The fraction of sp³-hybridized carbons (Fsp3) is 0.429. The van der Waals surface area contributed by atoms with Gasteiger partial charge in [0.2, 0.25) is 0 Å². The zero-order valence-electron chi connectivity index (χ0n) is 11.7. The first-order chi connectivity index (χ1) is 9.49. The second-order valence-corrected chi connectivity index (χ2v) is 5.06. The van der Waals surface area contributed by atoms with Gasteiger partial charge in [-0.3, -0.25) is 0 Å². The molecule has 2 N–H and O–H groups in total. The summed E-state index contributed by atoms with van der Waals surface area (Å²) >= 11 is 0. The molecule has 0 aliphatic carbocycles. The average Bonchev–Trinajstić information content (AvgIpc) is 2.88. The summed E-state index contributed by atoms with van der Waals surface area (Å²) in [6.07, 6.45) is 1.24. The Hall–Kier alpha value is -2.24. The average molecular weight is 277 g/mol. The van der Waals surface area contributed by atoms with Gasteiger partial charge in [-0.25, -0.2) is 9.59 Å². The molecule has 1 heterocycles. The van der Waals surface area contributed by atoms with E-state index in [-0.39, 0.29) is 6.03 Å². The molecule has 1 saturated heterocycles. The standard InChI is InChI=1S/C14H19N3O3/c1-16(2)11-6-3-5-10(9-11)15-14(20)17-8-4-7-12(17)13(18)19/h3,5-6,9,12H,4,7-8H2,1-2H3,(H,15,20)(H,18,19)/t12-/m0/s1.